The normalized spacial score (nSPS) is 36.6. The molecule has 3 fully saturated rings. The van der Waals surface area contributed by atoms with Crippen molar-refractivity contribution in [1.29, 1.82) is 0 Å². The van der Waals surface area contributed by atoms with E-state index in [1.165, 1.54) is 0 Å². The Morgan fingerprint density at radius 1 is 1.04 bits per heavy atom. The van der Waals surface area contributed by atoms with Gasteiger partial charge in [0.15, 0.2) is 11.5 Å². The number of carboxylic acids is 1. The van der Waals surface area contributed by atoms with Gasteiger partial charge in [-0.1, -0.05) is 6.07 Å². The van der Waals surface area contributed by atoms with Crippen LogP contribution in [0.5, 0.6) is 11.5 Å². The molecule has 26 heavy (non-hydrogen) atoms. The third kappa shape index (κ3) is 2.54. The van der Waals surface area contributed by atoms with Gasteiger partial charge in [-0.25, -0.2) is 0 Å². The van der Waals surface area contributed by atoms with E-state index >= 15 is 0 Å². The summed E-state index contributed by atoms with van der Waals surface area (Å²) >= 11 is 0. The maximum Gasteiger partial charge on any atom is 0.308 e. The number of hydrogen-bond acceptors (Lipinski definition) is 4. The summed E-state index contributed by atoms with van der Waals surface area (Å²) in [4.78, 5) is 24.3. The summed E-state index contributed by atoms with van der Waals surface area (Å²) in [6, 6.07) is 5.70. The topological polar surface area (TPSA) is 84.9 Å². The number of ether oxygens (including phenoxy) is 2. The molecule has 6 nitrogen and oxygen atoms in total. The van der Waals surface area contributed by atoms with Gasteiger partial charge in [0.05, 0.1) is 5.92 Å². The molecular weight excluding hydrogens is 334 g/mol. The average molecular weight is 357 g/mol. The highest BCUT2D eigenvalue weighted by Crippen LogP contribution is 2.51. The Morgan fingerprint density at radius 2 is 1.81 bits per heavy atom. The van der Waals surface area contributed by atoms with Gasteiger partial charge in [-0.2, -0.15) is 0 Å². The van der Waals surface area contributed by atoms with Gasteiger partial charge >= 0.3 is 5.97 Å². The second kappa shape index (κ2) is 5.89. The Morgan fingerprint density at radius 3 is 2.62 bits per heavy atom. The molecule has 3 saturated carbocycles. The summed E-state index contributed by atoms with van der Waals surface area (Å²) in [6.45, 7) is 1.11. The monoisotopic (exact) mass is 357 g/mol. The van der Waals surface area contributed by atoms with Gasteiger partial charge in [0.25, 0.3) is 0 Å². The lowest BCUT2D eigenvalue weighted by Crippen LogP contribution is -2.47. The van der Waals surface area contributed by atoms with Crippen molar-refractivity contribution < 1.29 is 24.2 Å². The van der Waals surface area contributed by atoms with E-state index in [0.29, 0.717) is 19.1 Å². The number of carbonyl (C=O) groups is 2. The molecule has 2 N–H and O–H groups in total. The minimum Gasteiger partial charge on any atom is -0.486 e. The van der Waals surface area contributed by atoms with Crippen LogP contribution in [-0.4, -0.2) is 36.2 Å². The summed E-state index contributed by atoms with van der Waals surface area (Å²) in [7, 11) is 0. The standard InChI is InChI=1S/C20H23NO5/c22-19(21-18-12-2-1-11(7-12)17(18)20(23)24)14-9-13(14)10-3-4-15-16(8-10)26-6-5-25-15/h3-4,8,11-14,17-18H,1-2,5-7,9H2,(H,21,22)(H,23,24)/t11-,12+,13?,14?,17+,18-/m1/s1. The summed E-state index contributed by atoms with van der Waals surface area (Å²) in [5.74, 6) is 1.03. The average Bonchev–Trinajstić information content (AvgIpc) is 3.20. The van der Waals surface area contributed by atoms with E-state index in [1.54, 1.807) is 0 Å². The van der Waals surface area contributed by atoms with Crippen molar-refractivity contribution in [3.05, 3.63) is 23.8 Å². The first-order valence-corrected chi connectivity index (χ1v) is 9.54. The van der Waals surface area contributed by atoms with Gasteiger partial charge in [0.1, 0.15) is 13.2 Å². The van der Waals surface area contributed by atoms with Crippen LogP contribution in [0.1, 0.15) is 37.2 Å². The molecule has 4 aliphatic rings. The van der Waals surface area contributed by atoms with Crippen LogP contribution < -0.4 is 14.8 Å². The van der Waals surface area contributed by atoms with Crippen molar-refractivity contribution in [2.75, 3.05) is 13.2 Å². The molecule has 0 aromatic heterocycles. The molecular formula is C20H23NO5. The molecule has 0 spiro atoms. The maximum absolute atomic E-state index is 12.7. The first kappa shape index (κ1) is 16.0. The zero-order valence-corrected chi connectivity index (χ0v) is 14.5. The van der Waals surface area contributed by atoms with Gasteiger partial charge in [-0.15, -0.1) is 0 Å². The molecule has 138 valence electrons. The predicted molar refractivity (Wildman–Crippen MR) is 92.2 cm³/mol. The Labute approximate surface area is 151 Å². The number of carbonyl (C=O) groups excluding carboxylic acids is 1. The van der Waals surface area contributed by atoms with Crippen LogP contribution >= 0.6 is 0 Å². The van der Waals surface area contributed by atoms with Crippen molar-refractivity contribution in [2.24, 2.45) is 23.7 Å². The number of rotatable bonds is 4. The molecule has 3 aliphatic carbocycles. The zero-order valence-electron chi connectivity index (χ0n) is 14.5. The van der Waals surface area contributed by atoms with Crippen LogP contribution in [0.2, 0.25) is 0 Å². The third-order valence-corrected chi connectivity index (χ3v) is 6.63. The third-order valence-electron chi connectivity index (χ3n) is 6.63. The number of amides is 1. The smallest absolute Gasteiger partial charge is 0.308 e. The highest BCUT2D eigenvalue weighted by molar-refractivity contribution is 5.84. The molecule has 5 rings (SSSR count). The lowest BCUT2D eigenvalue weighted by atomic mass is 9.84. The lowest BCUT2D eigenvalue weighted by molar-refractivity contribution is -0.144. The number of hydrogen-bond donors (Lipinski definition) is 2. The zero-order chi connectivity index (χ0) is 17.8. The Kier molecular flexibility index (Phi) is 3.62. The number of fused-ring (bicyclic) bond motifs is 3. The summed E-state index contributed by atoms with van der Waals surface area (Å²) < 4.78 is 11.2. The van der Waals surface area contributed by atoms with Crippen LogP contribution in [-0.2, 0) is 9.59 Å². The van der Waals surface area contributed by atoms with Gasteiger partial charge in [-0.3, -0.25) is 9.59 Å². The Hall–Kier alpha value is -2.24. The molecule has 1 aromatic carbocycles. The predicted octanol–water partition coefficient (Wildman–Crippen LogP) is 2.18. The molecule has 6 atom stereocenters. The SMILES string of the molecule is O=C(N[C@@H]1[C@H]2CC[C@H](C2)[C@@H]1C(=O)O)C1CC1c1ccc2c(c1)OCCO2. The summed E-state index contributed by atoms with van der Waals surface area (Å²) in [5.41, 5.74) is 1.09. The number of benzene rings is 1. The van der Waals surface area contributed by atoms with E-state index < -0.39 is 11.9 Å². The van der Waals surface area contributed by atoms with Gasteiger partial charge < -0.3 is 19.9 Å². The Balaban J connectivity index is 1.26. The largest absolute Gasteiger partial charge is 0.486 e. The van der Waals surface area contributed by atoms with Crippen molar-refractivity contribution in [3.63, 3.8) is 0 Å². The van der Waals surface area contributed by atoms with Crippen molar-refractivity contribution >= 4 is 11.9 Å². The van der Waals surface area contributed by atoms with E-state index in [0.717, 1.165) is 42.7 Å². The molecule has 0 saturated heterocycles. The van der Waals surface area contributed by atoms with Gasteiger partial charge in [-0.05, 0) is 61.1 Å². The summed E-state index contributed by atoms with van der Waals surface area (Å²) in [6.07, 6.45) is 3.77. The van der Waals surface area contributed by atoms with Crippen LogP contribution in [0, 0.1) is 23.7 Å². The van der Waals surface area contributed by atoms with Gasteiger partial charge in [0.2, 0.25) is 5.91 Å². The maximum atomic E-state index is 12.7. The van der Waals surface area contributed by atoms with Gasteiger partial charge in [0, 0.05) is 12.0 Å². The minimum absolute atomic E-state index is 0.00805. The highest BCUT2D eigenvalue weighted by atomic mass is 16.6. The van der Waals surface area contributed by atoms with E-state index in [1.807, 2.05) is 18.2 Å². The van der Waals surface area contributed by atoms with E-state index in [4.69, 9.17) is 9.47 Å². The van der Waals surface area contributed by atoms with Crippen LogP contribution in [0.15, 0.2) is 18.2 Å². The van der Waals surface area contributed by atoms with Crippen LogP contribution in [0.3, 0.4) is 0 Å². The Bertz CT molecular complexity index is 763. The lowest BCUT2D eigenvalue weighted by Gasteiger charge is -2.29. The summed E-state index contributed by atoms with van der Waals surface area (Å²) in [5, 5.41) is 12.6. The first-order chi connectivity index (χ1) is 12.6. The molecule has 1 heterocycles. The van der Waals surface area contributed by atoms with Crippen LogP contribution in [0.25, 0.3) is 0 Å². The molecule has 1 amide bonds. The number of carboxylic acid groups (broad SMARTS) is 1. The van der Waals surface area contributed by atoms with Crippen molar-refractivity contribution in [3.8, 4) is 11.5 Å². The number of aliphatic carboxylic acids is 1. The molecule has 6 heteroatoms. The fraction of sp³-hybridized carbons (Fsp3) is 0.600. The second-order valence-electron chi connectivity index (χ2n) is 8.08. The quantitative estimate of drug-likeness (QED) is 0.863. The van der Waals surface area contributed by atoms with E-state index in [-0.39, 0.29) is 29.7 Å². The minimum atomic E-state index is -0.762. The second-order valence-corrected chi connectivity index (χ2v) is 8.08. The van der Waals surface area contributed by atoms with Crippen LogP contribution in [0.4, 0.5) is 0 Å². The van der Waals surface area contributed by atoms with Crippen molar-refractivity contribution in [2.45, 2.75) is 37.6 Å². The molecule has 1 aromatic rings. The highest BCUT2D eigenvalue weighted by Gasteiger charge is 2.53. The van der Waals surface area contributed by atoms with Crippen molar-refractivity contribution in [1.82, 2.24) is 5.32 Å². The first-order valence-electron chi connectivity index (χ1n) is 9.54. The molecule has 0 radical (unpaired) electrons. The fourth-order valence-electron chi connectivity index (χ4n) is 5.27. The molecule has 2 bridgehead atoms. The molecule has 2 unspecified atom stereocenters. The van der Waals surface area contributed by atoms with E-state index in [9.17, 15) is 14.7 Å². The van der Waals surface area contributed by atoms with E-state index in [2.05, 4.69) is 5.32 Å². The molecule has 1 aliphatic heterocycles. The fourth-order valence-corrected chi connectivity index (χ4v) is 5.27. The number of nitrogens with one attached hydrogen (secondary N) is 1.